The molecule has 0 bridgehead atoms. The molecule has 8 heteroatoms. The largest absolute Gasteiger partial charge is 0.342 e. The molecule has 4 heterocycles. The maximum Gasteiger partial charge on any atom is 0.211 e. The number of rotatable bonds is 4. The van der Waals surface area contributed by atoms with Crippen LogP contribution in [0.15, 0.2) is 48.9 Å². The van der Waals surface area contributed by atoms with Crippen LogP contribution in [0.25, 0.3) is 28.0 Å². The van der Waals surface area contributed by atoms with Gasteiger partial charge in [-0.25, -0.2) is 9.97 Å². The summed E-state index contributed by atoms with van der Waals surface area (Å²) in [5.74, 6) is 0.874. The Labute approximate surface area is 204 Å². The molecule has 7 nitrogen and oxygen atoms in total. The van der Waals surface area contributed by atoms with E-state index < -0.39 is 0 Å². The summed E-state index contributed by atoms with van der Waals surface area (Å²) in [7, 11) is 4.29. The molecule has 0 radical (unpaired) electrons. The second-order valence-electron chi connectivity index (χ2n) is 8.92. The van der Waals surface area contributed by atoms with Crippen LogP contribution in [-0.4, -0.2) is 57.5 Å². The number of aromatic nitrogens is 4. The third kappa shape index (κ3) is 4.00. The van der Waals surface area contributed by atoms with Crippen LogP contribution in [-0.2, 0) is 0 Å². The fourth-order valence-electron chi connectivity index (χ4n) is 4.59. The molecule has 3 aromatic heterocycles. The Morgan fingerprint density at radius 3 is 2.47 bits per heavy atom. The van der Waals surface area contributed by atoms with Gasteiger partial charge in [-0.3, -0.25) is 9.38 Å². The lowest BCUT2D eigenvalue weighted by molar-refractivity contribution is 0.249. The molecule has 0 saturated carbocycles. The molecular formula is C26H26ClN7. The van der Waals surface area contributed by atoms with Crippen LogP contribution >= 0.6 is 11.6 Å². The molecule has 5 rings (SSSR count). The lowest BCUT2D eigenvalue weighted by Gasteiger charge is -2.36. The van der Waals surface area contributed by atoms with E-state index in [1.54, 1.807) is 0 Å². The van der Waals surface area contributed by atoms with Crippen LogP contribution in [0.1, 0.15) is 24.1 Å². The topological polar surface area (TPSA) is 73.4 Å². The number of pyridine rings is 1. The zero-order valence-corrected chi connectivity index (χ0v) is 20.3. The summed E-state index contributed by atoms with van der Waals surface area (Å²) in [4.78, 5) is 19.1. The molecule has 0 spiro atoms. The van der Waals surface area contributed by atoms with Gasteiger partial charge in [-0.15, -0.1) is 0 Å². The minimum atomic E-state index is 0.576. The molecule has 1 fully saturated rings. The van der Waals surface area contributed by atoms with Crippen molar-refractivity contribution in [1.29, 1.82) is 5.26 Å². The fraction of sp³-hybridized carbons (Fsp3) is 0.308. The van der Waals surface area contributed by atoms with Crippen molar-refractivity contribution in [3.05, 3.63) is 65.2 Å². The minimum Gasteiger partial charge on any atom is -0.342 e. The first-order chi connectivity index (χ1) is 16.5. The highest BCUT2D eigenvalue weighted by atomic mass is 35.5. The number of aryl methyl sites for hydroxylation is 1. The van der Waals surface area contributed by atoms with Gasteiger partial charge in [0.25, 0.3) is 0 Å². The molecule has 0 atom stereocenters. The van der Waals surface area contributed by atoms with Crippen molar-refractivity contribution < 1.29 is 0 Å². The van der Waals surface area contributed by atoms with Gasteiger partial charge in [0.2, 0.25) is 5.95 Å². The first kappa shape index (κ1) is 22.3. The van der Waals surface area contributed by atoms with Gasteiger partial charge in [0, 0.05) is 48.8 Å². The van der Waals surface area contributed by atoms with Crippen LogP contribution < -0.4 is 4.90 Å². The summed E-state index contributed by atoms with van der Waals surface area (Å²) in [6, 6.07) is 12.2. The van der Waals surface area contributed by atoms with Crippen LogP contribution in [0.2, 0.25) is 5.02 Å². The Morgan fingerprint density at radius 1 is 1.09 bits per heavy atom. The predicted octanol–water partition coefficient (Wildman–Crippen LogP) is 4.82. The van der Waals surface area contributed by atoms with Gasteiger partial charge in [-0.2, -0.15) is 5.26 Å². The van der Waals surface area contributed by atoms with E-state index >= 15 is 0 Å². The summed E-state index contributed by atoms with van der Waals surface area (Å²) in [6.45, 7) is 3.73. The number of halogens is 1. The molecule has 4 aromatic rings. The van der Waals surface area contributed by atoms with Crippen LogP contribution in [0.4, 0.5) is 5.95 Å². The van der Waals surface area contributed by atoms with Crippen molar-refractivity contribution in [3.8, 4) is 28.5 Å². The highest BCUT2D eigenvalue weighted by Crippen LogP contribution is 2.37. The van der Waals surface area contributed by atoms with Crippen LogP contribution in [0, 0.1) is 18.3 Å². The van der Waals surface area contributed by atoms with Crippen LogP contribution in [0.5, 0.6) is 0 Å². The van der Waals surface area contributed by atoms with Crippen molar-refractivity contribution in [3.63, 3.8) is 0 Å². The van der Waals surface area contributed by atoms with Gasteiger partial charge in [0.15, 0.2) is 0 Å². The smallest absolute Gasteiger partial charge is 0.211 e. The molecule has 1 aromatic carbocycles. The third-order valence-electron chi connectivity index (χ3n) is 6.61. The number of piperidine rings is 1. The molecule has 34 heavy (non-hydrogen) atoms. The number of anilines is 1. The summed E-state index contributed by atoms with van der Waals surface area (Å²) in [6.07, 6.45) is 7.75. The molecule has 1 aliphatic rings. The number of imidazole rings is 1. The molecule has 0 unspecified atom stereocenters. The molecular weight excluding hydrogens is 446 g/mol. The molecule has 0 aliphatic carbocycles. The SMILES string of the molecule is Cc1ncc(-c2c(-c3ccc(C#N)cc3)nc(N3CCC(N(C)C)CC3)n3ccnc23)cc1Cl. The monoisotopic (exact) mass is 471 g/mol. The summed E-state index contributed by atoms with van der Waals surface area (Å²) < 4.78 is 2.06. The normalized spacial score (nSPS) is 14.6. The highest BCUT2D eigenvalue weighted by molar-refractivity contribution is 6.31. The van der Waals surface area contributed by atoms with E-state index in [1.807, 2.05) is 55.8 Å². The van der Waals surface area contributed by atoms with E-state index in [0.29, 0.717) is 16.6 Å². The van der Waals surface area contributed by atoms with Crippen molar-refractivity contribution in [2.24, 2.45) is 0 Å². The van der Waals surface area contributed by atoms with Crippen molar-refractivity contribution in [1.82, 2.24) is 24.3 Å². The lowest BCUT2D eigenvalue weighted by atomic mass is 10.00. The number of nitriles is 1. The molecule has 0 amide bonds. The highest BCUT2D eigenvalue weighted by Gasteiger charge is 2.26. The first-order valence-corrected chi connectivity index (χ1v) is 11.8. The Balaban J connectivity index is 1.70. The van der Waals surface area contributed by atoms with Gasteiger partial charge >= 0.3 is 0 Å². The summed E-state index contributed by atoms with van der Waals surface area (Å²) in [5.41, 5.74) is 5.64. The standard InChI is InChI=1S/C26H26ClN7/c1-17-22(27)14-20(16-30-17)23-24(19-6-4-18(15-28)5-7-19)31-26(34-13-10-29-25(23)34)33-11-8-21(9-12-33)32(2)3/h4-7,10,13-14,16,21H,8-9,11-12H2,1-3H3. The predicted molar refractivity (Wildman–Crippen MR) is 135 cm³/mol. The Morgan fingerprint density at radius 2 is 1.82 bits per heavy atom. The Bertz CT molecular complexity index is 1380. The van der Waals surface area contributed by atoms with Crippen molar-refractivity contribution >= 4 is 23.2 Å². The minimum absolute atomic E-state index is 0.576. The molecule has 1 aliphatic heterocycles. The zero-order chi connectivity index (χ0) is 23.8. The number of benzene rings is 1. The molecule has 0 N–H and O–H groups in total. The second-order valence-corrected chi connectivity index (χ2v) is 9.33. The number of fused-ring (bicyclic) bond motifs is 1. The van der Waals surface area contributed by atoms with E-state index in [0.717, 1.165) is 65.6 Å². The number of hydrogen-bond acceptors (Lipinski definition) is 6. The fourth-order valence-corrected chi connectivity index (χ4v) is 4.76. The molecule has 1 saturated heterocycles. The average molecular weight is 472 g/mol. The van der Waals surface area contributed by atoms with Gasteiger partial charge < -0.3 is 9.80 Å². The van der Waals surface area contributed by atoms with Gasteiger partial charge in [-0.05, 0) is 52.1 Å². The first-order valence-electron chi connectivity index (χ1n) is 11.4. The Kier molecular flexibility index (Phi) is 5.94. The van der Waals surface area contributed by atoms with Crippen LogP contribution in [0.3, 0.4) is 0 Å². The maximum atomic E-state index is 9.26. The van der Waals surface area contributed by atoms with E-state index in [1.165, 1.54) is 0 Å². The van der Waals surface area contributed by atoms with Gasteiger partial charge in [0.05, 0.1) is 33.6 Å². The van der Waals surface area contributed by atoms with Crippen molar-refractivity contribution in [2.45, 2.75) is 25.8 Å². The van der Waals surface area contributed by atoms with Crippen molar-refractivity contribution in [2.75, 3.05) is 32.1 Å². The summed E-state index contributed by atoms with van der Waals surface area (Å²) in [5, 5.41) is 9.86. The average Bonchev–Trinajstić information content (AvgIpc) is 3.35. The molecule has 172 valence electrons. The quantitative estimate of drug-likeness (QED) is 0.424. The number of hydrogen-bond donors (Lipinski definition) is 0. The van der Waals surface area contributed by atoms with E-state index in [2.05, 4.69) is 39.3 Å². The van der Waals surface area contributed by atoms with E-state index in [9.17, 15) is 5.26 Å². The second kappa shape index (κ2) is 9.05. The van der Waals surface area contributed by atoms with Gasteiger partial charge in [0.1, 0.15) is 5.65 Å². The third-order valence-corrected chi connectivity index (χ3v) is 6.99. The Hall–Kier alpha value is -3.47. The summed E-state index contributed by atoms with van der Waals surface area (Å²) >= 11 is 6.46. The van der Waals surface area contributed by atoms with E-state index in [4.69, 9.17) is 21.6 Å². The zero-order valence-electron chi connectivity index (χ0n) is 19.5. The lowest BCUT2D eigenvalue weighted by Crippen LogP contribution is -2.43. The van der Waals surface area contributed by atoms with Gasteiger partial charge in [-0.1, -0.05) is 23.7 Å². The van der Waals surface area contributed by atoms with E-state index in [-0.39, 0.29) is 0 Å². The number of nitrogens with zero attached hydrogens (tertiary/aromatic N) is 7. The maximum absolute atomic E-state index is 9.26.